The van der Waals surface area contributed by atoms with Crippen molar-refractivity contribution in [2.75, 3.05) is 0 Å². The highest BCUT2D eigenvalue weighted by Gasteiger charge is 2.23. The molecular weight excluding hydrogens is 222 g/mol. The Morgan fingerprint density at radius 2 is 2.07 bits per heavy atom. The van der Waals surface area contributed by atoms with Gasteiger partial charge in [-0.05, 0) is 11.6 Å². The van der Waals surface area contributed by atoms with Gasteiger partial charge in [0.1, 0.15) is 5.15 Å². The van der Waals surface area contributed by atoms with Gasteiger partial charge in [0.2, 0.25) is 0 Å². The molecule has 1 rings (SSSR count). The fourth-order valence-corrected chi connectivity index (χ4v) is 1.23. The zero-order valence-electron chi connectivity index (χ0n) is 7.55. The lowest BCUT2D eigenvalue weighted by molar-refractivity contribution is -0.145. The van der Waals surface area contributed by atoms with E-state index in [1.165, 1.54) is 18.3 Å². The second kappa shape index (κ2) is 4.75. The van der Waals surface area contributed by atoms with Crippen molar-refractivity contribution in [2.45, 2.75) is 12.3 Å². The Balaban J connectivity index is 2.94. The standard InChI is InChI=1S/C9H8ClNO4/c10-7-2-1-5(4-11-7)6(9(14)15)3-8(12)13/h1-2,4,6H,3H2,(H,12,13)(H,14,15). The van der Waals surface area contributed by atoms with Crippen LogP contribution in [-0.4, -0.2) is 27.1 Å². The number of carbonyl (C=O) groups is 2. The molecule has 0 amide bonds. The highest BCUT2D eigenvalue weighted by atomic mass is 35.5. The van der Waals surface area contributed by atoms with E-state index in [1.54, 1.807) is 0 Å². The molecule has 0 aromatic carbocycles. The molecule has 0 radical (unpaired) electrons. The number of halogens is 1. The van der Waals surface area contributed by atoms with E-state index in [0.29, 0.717) is 5.56 Å². The van der Waals surface area contributed by atoms with Gasteiger partial charge in [-0.1, -0.05) is 17.7 Å². The zero-order chi connectivity index (χ0) is 11.4. The van der Waals surface area contributed by atoms with Gasteiger partial charge < -0.3 is 10.2 Å². The van der Waals surface area contributed by atoms with Crippen LogP contribution in [0.2, 0.25) is 5.15 Å². The molecule has 0 aliphatic carbocycles. The van der Waals surface area contributed by atoms with Crippen LogP contribution in [0.15, 0.2) is 18.3 Å². The Morgan fingerprint density at radius 3 is 2.47 bits per heavy atom. The highest BCUT2D eigenvalue weighted by molar-refractivity contribution is 6.29. The summed E-state index contributed by atoms with van der Waals surface area (Å²) in [6.07, 6.45) is 0.794. The summed E-state index contributed by atoms with van der Waals surface area (Å²) in [4.78, 5) is 24.9. The number of hydrogen-bond acceptors (Lipinski definition) is 3. The Labute approximate surface area is 90.3 Å². The molecule has 0 bridgehead atoms. The minimum atomic E-state index is -1.19. The summed E-state index contributed by atoms with van der Waals surface area (Å²) in [6, 6.07) is 2.88. The summed E-state index contributed by atoms with van der Waals surface area (Å²) in [5.74, 6) is -3.45. The number of aromatic nitrogens is 1. The van der Waals surface area contributed by atoms with E-state index in [1.807, 2.05) is 0 Å². The van der Waals surface area contributed by atoms with E-state index in [4.69, 9.17) is 21.8 Å². The largest absolute Gasteiger partial charge is 0.481 e. The van der Waals surface area contributed by atoms with Gasteiger partial charge in [-0.15, -0.1) is 0 Å². The summed E-state index contributed by atoms with van der Waals surface area (Å²) < 4.78 is 0. The van der Waals surface area contributed by atoms with Crippen molar-refractivity contribution >= 4 is 23.5 Å². The molecule has 6 heteroatoms. The third-order valence-corrected chi connectivity index (χ3v) is 2.05. The fraction of sp³-hybridized carbons (Fsp3) is 0.222. The first-order valence-corrected chi connectivity index (χ1v) is 4.44. The average molecular weight is 230 g/mol. The highest BCUT2D eigenvalue weighted by Crippen LogP contribution is 2.20. The van der Waals surface area contributed by atoms with Crippen LogP contribution >= 0.6 is 11.6 Å². The Bertz CT molecular complexity index is 376. The number of carboxylic acid groups (broad SMARTS) is 2. The molecular formula is C9H8ClNO4. The first-order valence-electron chi connectivity index (χ1n) is 4.06. The lowest BCUT2D eigenvalue weighted by Gasteiger charge is -2.09. The van der Waals surface area contributed by atoms with Gasteiger partial charge in [-0.25, -0.2) is 4.98 Å². The molecule has 1 aromatic rings. The molecule has 0 aliphatic rings. The third-order valence-electron chi connectivity index (χ3n) is 1.83. The molecule has 0 aliphatic heterocycles. The summed E-state index contributed by atoms with van der Waals surface area (Å²) in [6.45, 7) is 0. The van der Waals surface area contributed by atoms with Crippen LogP contribution in [0.1, 0.15) is 17.9 Å². The van der Waals surface area contributed by atoms with Crippen LogP contribution in [0.4, 0.5) is 0 Å². The van der Waals surface area contributed by atoms with Gasteiger partial charge in [-0.3, -0.25) is 9.59 Å². The topological polar surface area (TPSA) is 87.5 Å². The summed E-state index contributed by atoms with van der Waals surface area (Å²) in [5.41, 5.74) is 0.328. The van der Waals surface area contributed by atoms with E-state index < -0.39 is 24.3 Å². The van der Waals surface area contributed by atoms with E-state index >= 15 is 0 Å². The molecule has 2 N–H and O–H groups in total. The van der Waals surface area contributed by atoms with E-state index in [0.717, 1.165) is 0 Å². The maximum Gasteiger partial charge on any atom is 0.311 e. The van der Waals surface area contributed by atoms with Crippen molar-refractivity contribution in [2.24, 2.45) is 0 Å². The third kappa shape index (κ3) is 3.21. The maximum absolute atomic E-state index is 10.8. The predicted octanol–water partition coefficient (Wildman–Crippen LogP) is 1.38. The molecule has 15 heavy (non-hydrogen) atoms. The Hall–Kier alpha value is -1.62. The molecule has 0 fully saturated rings. The average Bonchev–Trinajstić information content (AvgIpc) is 2.15. The van der Waals surface area contributed by atoms with Gasteiger partial charge in [0.25, 0.3) is 0 Å². The number of pyridine rings is 1. The quantitative estimate of drug-likeness (QED) is 0.762. The number of rotatable bonds is 4. The number of carboxylic acids is 2. The van der Waals surface area contributed by atoms with Crippen molar-refractivity contribution in [3.05, 3.63) is 29.0 Å². The van der Waals surface area contributed by atoms with Crippen molar-refractivity contribution < 1.29 is 19.8 Å². The van der Waals surface area contributed by atoms with Crippen LogP contribution in [-0.2, 0) is 9.59 Å². The van der Waals surface area contributed by atoms with Crippen molar-refractivity contribution in [3.63, 3.8) is 0 Å². The normalized spacial score (nSPS) is 12.1. The van der Waals surface area contributed by atoms with Crippen LogP contribution < -0.4 is 0 Å². The van der Waals surface area contributed by atoms with Gasteiger partial charge in [0.15, 0.2) is 0 Å². The first-order chi connectivity index (χ1) is 7.00. The number of nitrogens with zero attached hydrogens (tertiary/aromatic N) is 1. The Morgan fingerprint density at radius 1 is 1.40 bits per heavy atom. The monoisotopic (exact) mass is 229 g/mol. The van der Waals surface area contributed by atoms with Gasteiger partial charge >= 0.3 is 11.9 Å². The smallest absolute Gasteiger partial charge is 0.311 e. The molecule has 1 atom stereocenters. The van der Waals surface area contributed by atoms with Gasteiger partial charge in [0.05, 0.1) is 12.3 Å². The summed E-state index contributed by atoms with van der Waals surface area (Å²) in [5, 5.41) is 17.6. The SMILES string of the molecule is O=C(O)CC(C(=O)O)c1ccc(Cl)nc1. The second-order valence-electron chi connectivity index (χ2n) is 2.90. The Kier molecular flexibility index (Phi) is 3.62. The molecule has 0 saturated heterocycles. The second-order valence-corrected chi connectivity index (χ2v) is 3.29. The molecule has 1 aromatic heterocycles. The van der Waals surface area contributed by atoms with Crippen LogP contribution in [0, 0.1) is 0 Å². The molecule has 0 saturated carbocycles. The fourth-order valence-electron chi connectivity index (χ4n) is 1.12. The van der Waals surface area contributed by atoms with Crippen molar-refractivity contribution in [1.82, 2.24) is 4.98 Å². The lowest BCUT2D eigenvalue weighted by Crippen LogP contribution is -2.16. The zero-order valence-corrected chi connectivity index (χ0v) is 8.31. The molecule has 0 spiro atoms. The molecule has 5 nitrogen and oxygen atoms in total. The minimum Gasteiger partial charge on any atom is -0.481 e. The van der Waals surface area contributed by atoms with E-state index in [2.05, 4.69) is 4.98 Å². The maximum atomic E-state index is 10.8. The van der Waals surface area contributed by atoms with E-state index in [-0.39, 0.29) is 5.15 Å². The number of hydrogen-bond donors (Lipinski definition) is 2. The van der Waals surface area contributed by atoms with Crippen LogP contribution in [0.25, 0.3) is 0 Å². The molecule has 1 heterocycles. The number of aliphatic carboxylic acids is 2. The van der Waals surface area contributed by atoms with Crippen LogP contribution in [0.5, 0.6) is 0 Å². The van der Waals surface area contributed by atoms with E-state index in [9.17, 15) is 9.59 Å². The van der Waals surface area contributed by atoms with Crippen molar-refractivity contribution in [3.8, 4) is 0 Å². The molecule has 1 unspecified atom stereocenters. The first kappa shape index (κ1) is 11.5. The lowest BCUT2D eigenvalue weighted by atomic mass is 9.98. The van der Waals surface area contributed by atoms with Crippen LogP contribution in [0.3, 0.4) is 0 Å². The summed E-state index contributed by atoms with van der Waals surface area (Å²) in [7, 11) is 0. The van der Waals surface area contributed by atoms with Crippen molar-refractivity contribution in [1.29, 1.82) is 0 Å². The van der Waals surface area contributed by atoms with Gasteiger partial charge in [-0.2, -0.15) is 0 Å². The summed E-state index contributed by atoms with van der Waals surface area (Å²) >= 11 is 5.53. The molecule has 80 valence electrons. The predicted molar refractivity (Wildman–Crippen MR) is 51.9 cm³/mol. The minimum absolute atomic E-state index is 0.234. The van der Waals surface area contributed by atoms with Gasteiger partial charge in [0, 0.05) is 6.20 Å².